The number of nitrogens with zero attached hydrogens (tertiary/aromatic N) is 2. The fourth-order valence-corrected chi connectivity index (χ4v) is 3.94. The molecule has 0 saturated heterocycles. The van der Waals surface area contributed by atoms with Gasteiger partial charge in [-0.2, -0.15) is 0 Å². The van der Waals surface area contributed by atoms with E-state index in [1.54, 1.807) is 24.3 Å². The molecular weight excluding hydrogens is 390 g/mol. The maximum absolute atomic E-state index is 12.7. The Labute approximate surface area is 182 Å². The van der Waals surface area contributed by atoms with Crippen LogP contribution in [0.1, 0.15) is 41.9 Å². The Bertz CT molecular complexity index is 1110. The molecule has 1 aromatic heterocycles. The van der Waals surface area contributed by atoms with Gasteiger partial charge in [-0.25, -0.2) is 9.97 Å². The Morgan fingerprint density at radius 1 is 1.06 bits per heavy atom. The summed E-state index contributed by atoms with van der Waals surface area (Å²) >= 11 is 0. The number of carbonyl (C=O) groups excluding carboxylic acids is 1. The highest BCUT2D eigenvalue weighted by Crippen LogP contribution is 2.34. The first kappa shape index (κ1) is 21.0. The molecule has 0 radical (unpaired) electrons. The number of fused-ring (bicyclic) bond motifs is 3. The van der Waals surface area contributed by atoms with Gasteiger partial charge in [-0.3, -0.25) is 4.79 Å². The Morgan fingerprint density at radius 3 is 2.52 bits per heavy atom. The van der Waals surface area contributed by atoms with Crippen molar-refractivity contribution in [3.05, 3.63) is 70.5 Å². The third-order valence-electron chi connectivity index (χ3n) is 5.44. The van der Waals surface area contributed by atoms with E-state index in [0.29, 0.717) is 18.2 Å². The summed E-state index contributed by atoms with van der Waals surface area (Å²) in [5.74, 6) is 0.913. The van der Waals surface area contributed by atoms with Gasteiger partial charge < -0.3 is 15.5 Å². The summed E-state index contributed by atoms with van der Waals surface area (Å²) in [6.45, 7) is 4.26. The minimum Gasteiger partial charge on any atom is -0.508 e. The molecule has 2 aromatic carbocycles. The number of benzene rings is 2. The maximum Gasteiger partial charge on any atom is 0.229 e. The van der Waals surface area contributed by atoms with Crippen LogP contribution in [0.15, 0.2) is 42.5 Å². The van der Waals surface area contributed by atoms with Gasteiger partial charge in [0, 0.05) is 5.56 Å². The number of anilines is 1. The second kappa shape index (κ2) is 8.86. The zero-order chi connectivity index (χ0) is 22.0. The molecular formula is C25H27N3O3. The van der Waals surface area contributed by atoms with Gasteiger partial charge >= 0.3 is 0 Å². The van der Waals surface area contributed by atoms with Gasteiger partial charge in [-0.05, 0) is 54.0 Å². The minimum atomic E-state index is -0.159. The molecule has 0 aliphatic heterocycles. The molecule has 0 atom stereocenters. The lowest BCUT2D eigenvalue weighted by molar-refractivity contribution is -0.115. The van der Waals surface area contributed by atoms with Crippen LogP contribution in [0.3, 0.4) is 0 Å². The van der Waals surface area contributed by atoms with Crippen molar-refractivity contribution in [2.75, 3.05) is 5.32 Å². The van der Waals surface area contributed by atoms with Crippen LogP contribution in [0.5, 0.6) is 5.75 Å². The largest absolute Gasteiger partial charge is 0.508 e. The third-order valence-corrected chi connectivity index (χ3v) is 5.44. The number of nitrogens with one attached hydrogen (secondary N) is 1. The van der Waals surface area contributed by atoms with Crippen molar-refractivity contribution in [1.82, 2.24) is 9.97 Å². The number of amides is 1. The summed E-state index contributed by atoms with van der Waals surface area (Å²) in [6, 6.07) is 12.6. The molecule has 1 heterocycles. The van der Waals surface area contributed by atoms with Gasteiger partial charge in [-0.15, -0.1) is 0 Å². The lowest BCUT2D eigenvalue weighted by Crippen LogP contribution is -2.20. The van der Waals surface area contributed by atoms with Crippen molar-refractivity contribution in [2.24, 2.45) is 5.92 Å². The zero-order valence-corrected chi connectivity index (χ0v) is 17.9. The van der Waals surface area contributed by atoms with E-state index in [0.717, 1.165) is 46.6 Å². The van der Waals surface area contributed by atoms with Crippen LogP contribution >= 0.6 is 0 Å². The van der Waals surface area contributed by atoms with E-state index in [4.69, 9.17) is 9.97 Å². The van der Waals surface area contributed by atoms with Crippen molar-refractivity contribution in [3.8, 4) is 17.0 Å². The number of aliphatic hydroxyl groups is 1. The zero-order valence-electron chi connectivity index (χ0n) is 17.9. The van der Waals surface area contributed by atoms with Gasteiger partial charge in [0.1, 0.15) is 5.75 Å². The molecule has 0 spiro atoms. The minimum absolute atomic E-state index is 0.0242. The van der Waals surface area contributed by atoms with Gasteiger partial charge in [0.25, 0.3) is 0 Å². The van der Waals surface area contributed by atoms with Crippen LogP contribution in [0, 0.1) is 5.92 Å². The molecule has 3 aromatic rings. The fourth-order valence-electron chi connectivity index (χ4n) is 3.94. The van der Waals surface area contributed by atoms with Gasteiger partial charge in [0.15, 0.2) is 5.82 Å². The lowest BCUT2D eigenvalue weighted by Gasteiger charge is -2.22. The van der Waals surface area contributed by atoms with Crippen LogP contribution < -0.4 is 5.32 Å². The Hall–Kier alpha value is -3.25. The van der Waals surface area contributed by atoms with Crippen LogP contribution in [-0.4, -0.2) is 26.1 Å². The quantitative estimate of drug-likeness (QED) is 0.567. The maximum atomic E-state index is 12.7. The normalized spacial score (nSPS) is 12.4. The van der Waals surface area contributed by atoms with Crippen LogP contribution in [-0.2, 0) is 37.1 Å². The Morgan fingerprint density at radius 2 is 1.81 bits per heavy atom. The molecule has 1 aliphatic rings. The number of phenolic OH excluding ortho intramolecular Hbond substituents is 1. The second-order valence-electron chi connectivity index (χ2n) is 8.45. The number of hydrogen-bond acceptors (Lipinski definition) is 5. The van der Waals surface area contributed by atoms with Crippen LogP contribution in [0.2, 0.25) is 0 Å². The predicted octanol–water partition coefficient (Wildman–Crippen LogP) is 3.82. The summed E-state index contributed by atoms with van der Waals surface area (Å²) in [5, 5.41) is 21.8. The first-order valence-corrected chi connectivity index (χ1v) is 10.6. The third kappa shape index (κ3) is 4.75. The first-order valence-electron chi connectivity index (χ1n) is 10.6. The number of aromatic hydroxyl groups is 1. The first-order chi connectivity index (χ1) is 14.9. The van der Waals surface area contributed by atoms with Crippen molar-refractivity contribution in [1.29, 1.82) is 0 Å². The van der Waals surface area contributed by atoms with Crippen molar-refractivity contribution in [2.45, 2.75) is 46.1 Å². The molecule has 0 bridgehead atoms. The molecule has 6 heteroatoms. The number of hydrogen-bond donors (Lipinski definition) is 3. The Kier molecular flexibility index (Phi) is 6.00. The molecule has 3 N–H and O–H groups in total. The fraction of sp³-hybridized carbons (Fsp3) is 0.320. The molecule has 0 saturated carbocycles. The summed E-state index contributed by atoms with van der Waals surface area (Å²) in [4.78, 5) is 22.4. The molecule has 0 unspecified atom stereocenters. The van der Waals surface area contributed by atoms with Gasteiger partial charge in [-0.1, -0.05) is 44.2 Å². The highest BCUT2D eigenvalue weighted by Gasteiger charge is 2.23. The Balaban J connectivity index is 1.65. The van der Waals surface area contributed by atoms with E-state index < -0.39 is 0 Å². The van der Waals surface area contributed by atoms with E-state index in [9.17, 15) is 15.0 Å². The van der Waals surface area contributed by atoms with Gasteiger partial charge in [0.2, 0.25) is 5.91 Å². The molecule has 6 nitrogen and oxygen atoms in total. The predicted molar refractivity (Wildman–Crippen MR) is 120 cm³/mol. The van der Waals surface area contributed by atoms with E-state index in [2.05, 4.69) is 19.2 Å². The van der Waals surface area contributed by atoms with E-state index in [1.165, 1.54) is 5.56 Å². The standard InChI is InChI=1S/C25H27N3O3/c1-15(2)11-22-25(28-23(31)13-16-3-7-19(30)8-4-16)27-21-10-6-18-12-17(14-29)5-9-20(18)24(21)26-22/h3-5,7-9,12,15,29-30H,6,10-11,13-14H2,1-2H3,(H,27,28,31). The second-order valence-corrected chi connectivity index (χ2v) is 8.45. The molecule has 4 rings (SSSR count). The van der Waals surface area contributed by atoms with Crippen LogP contribution in [0.4, 0.5) is 5.82 Å². The highest BCUT2D eigenvalue weighted by molar-refractivity contribution is 5.92. The molecule has 0 fully saturated rings. The molecule has 31 heavy (non-hydrogen) atoms. The van der Waals surface area contributed by atoms with Crippen molar-refractivity contribution < 1.29 is 15.0 Å². The molecule has 1 amide bonds. The number of rotatable bonds is 6. The van der Waals surface area contributed by atoms with Gasteiger partial charge in [0.05, 0.1) is 30.1 Å². The number of aliphatic hydroxyl groups excluding tert-OH is 1. The van der Waals surface area contributed by atoms with Crippen molar-refractivity contribution in [3.63, 3.8) is 0 Å². The average Bonchev–Trinajstić information content (AvgIpc) is 2.75. The number of carbonyl (C=O) groups is 1. The van der Waals surface area contributed by atoms with E-state index >= 15 is 0 Å². The number of aromatic nitrogens is 2. The number of aryl methyl sites for hydroxylation is 2. The lowest BCUT2D eigenvalue weighted by atomic mass is 9.90. The van der Waals surface area contributed by atoms with E-state index in [1.807, 2.05) is 18.2 Å². The highest BCUT2D eigenvalue weighted by atomic mass is 16.3. The molecule has 160 valence electrons. The summed E-state index contributed by atoms with van der Waals surface area (Å²) < 4.78 is 0. The topological polar surface area (TPSA) is 95.3 Å². The SMILES string of the molecule is CC(C)Cc1nc2c(nc1NC(=O)Cc1ccc(O)cc1)CCc1cc(CO)ccc1-2. The monoisotopic (exact) mass is 417 g/mol. The van der Waals surface area contributed by atoms with E-state index in [-0.39, 0.29) is 24.7 Å². The molecule has 1 aliphatic carbocycles. The average molecular weight is 418 g/mol. The summed E-state index contributed by atoms with van der Waals surface area (Å²) in [7, 11) is 0. The number of phenols is 1. The summed E-state index contributed by atoms with van der Waals surface area (Å²) in [6.07, 6.45) is 2.48. The van der Waals surface area contributed by atoms with Crippen LogP contribution in [0.25, 0.3) is 11.3 Å². The van der Waals surface area contributed by atoms with Crippen molar-refractivity contribution >= 4 is 11.7 Å². The smallest absolute Gasteiger partial charge is 0.229 e. The summed E-state index contributed by atoms with van der Waals surface area (Å²) in [5.41, 5.74) is 6.49.